The fraction of sp³-hybridized carbons (Fsp3) is 0.467. The Hall–Kier alpha value is -2.80. The summed E-state index contributed by atoms with van der Waals surface area (Å²) in [7, 11) is 0. The summed E-state index contributed by atoms with van der Waals surface area (Å²) in [6.45, 7) is 2.50. The van der Waals surface area contributed by atoms with E-state index in [1.165, 1.54) is 0 Å². The maximum absolute atomic E-state index is 6.01. The molecule has 9 heteroatoms. The average Bonchev–Trinajstić information content (AvgIpc) is 2.97. The first-order valence-corrected chi connectivity index (χ1v) is 13.0. The first kappa shape index (κ1) is 29.2. The summed E-state index contributed by atoms with van der Waals surface area (Å²) < 4.78 is 53.2. The highest BCUT2D eigenvalue weighted by molar-refractivity contribution is 5.35. The Morgan fingerprint density at radius 2 is 0.667 bits per heavy atom. The van der Waals surface area contributed by atoms with Crippen molar-refractivity contribution in [3.05, 3.63) is 71.8 Å². The van der Waals surface area contributed by atoms with Crippen molar-refractivity contribution in [3.63, 3.8) is 0 Å². The zero-order valence-electron chi connectivity index (χ0n) is 21.9. The van der Waals surface area contributed by atoms with Gasteiger partial charge in [-0.15, -0.1) is 0 Å². The molecule has 0 aromatic heterocycles. The van der Waals surface area contributed by atoms with Crippen LogP contribution >= 0.6 is 0 Å². The second kappa shape index (κ2) is 16.3. The number of benzene rings is 2. The predicted molar refractivity (Wildman–Crippen MR) is 140 cm³/mol. The van der Waals surface area contributed by atoms with E-state index in [1.807, 2.05) is 60.7 Å². The van der Waals surface area contributed by atoms with Crippen molar-refractivity contribution in [1.82, 2.24) is 0 Å². The molecule has 3 aliphatic heterocycles. The van der Waals surface area contributed by atoms with Crippen LogP contribution in [0.15, 0.2) is 60.7 Å². The topological polar surface area (TPSA) is 83.1 Å². The zero-order chi connectivity index (χ0) is 26.9. The van der Waals surface area contributed by atoms with Gasteiger partial charge >= 0.3 is 11.9 Å². The second-order valence-electron chi connectivity index (χ2n) is 8.27. The molecule has 0 unspecified atom stereocenters. The highest BCUT2D eigenvalue weighted by Crippen LogP contribution is 2.18. The van der Waals surface area contributed by atoms with Crippen molar-refractivity contribution in [1.29, 1.82) is 0 Å². The molecule has 9 nitrogen and oxygen atoms in total. The molecule has 0 spiro atoms. The van der Waals surface area contributed by atoms with Gasteiger partial charge in [-0.25, -0.2) is 0 Å². The first-order valence-electron chi connectivity index (χ1n) is 13.0. The number of ether oxygens (including phenoxy) is 9. The molecule has 0 amide bonds. The van der Waals surface area contributed by atoms with Gasteiger partial charge in [-0.3, -0.25) is 0 Å². The highest BCUT2D eigenvalue weighted by atomic mass is 16.9. The van der Waals surface area contributed by atoms with Crippen LogP contribution in [0, 0.1) is 23.7 Å². The van der Waals surface area contributed by atoms with Crippen LogP contribution in [0.1, 0.15) is 11.1 Å². The van der Waals surface area contributed by atoms with Gasteiger partial charge in [-0.2, -0.15) is 0 Å². The van der Waals surface area contributed by atoms with Crippen molar-refractivity contribution in [2.75, 3.05) is 79.3 Å². The minimum absolute atomic E-state index is 0.164. The lowest BCUT2D eigenvalue weighted by Gasteiger charge is -2.30. The molecule has 0 aliphatic carbocycles. The molecule has 2 aromatic rings. The second-order valence-corrected chi connectivity index (χ2v) is 8.27. The summed E-state index contributed by atoms with van der Waals surface area (Å²) in [5, 5.41) is 0. The molecule has 0 saturated carbocycles. The van der Waals surface area contributed by atoms with Crippen molar-refractivity contribution >= 4 is 0 Å². The van der Waals surface area contributed by atoms with E-state index in [2.05, 4.69) is 23.7 Å². The van der Waals surface area contributed by atoms with E-state index in [-0.39, 0.29) is 79.3 Å². The van der Waals surface area contributed by atoms with E-state index in [0.29, 0.717) is 0 Å². The van der Waals surface area contributed by atoms with Gasteiger partial charge in [0, 0.05) is 11.1 Å². The summed E-state index contributed by atoms with van der Waals surface area (Å²) in [6.07, 6.45) is 0. The van der Waals surface area contributed by atoms with Crippen LogP contribution in [-0.4, -0.2) is 91.2 Å². The quantitative estimate of drug-likeness (QED) is 0.371. The van der Waals surface area contributed by atoms with Crippen LogP contribution < -0.4 is 0 Å². The molecule has 5 rings (SSSR count). The van der Waals surface area contributed by atoms with Gasteiger partial charge in [-0.05, 0) is 36.1 Å². The Bertz CT molecular complexity index is 952. The van der Waals surface area contributed by atoms with Crippen molar-refractivity contribution in [2.24, 2.45) is 0 Å². The third-order valence-electron chi connectivity index (χ3n) is 5.39. The van der Waals surface area contributed by atoms with Gasteiger partial charge in [-0.1, -0.05) is 48.2 Å². The Kier molecular flexibility index (Phi) is 12.2. The number of hydrogen-bond donors (Lipinski definition) is 0. The van der Waals surface area contributed by atoms with Crippen LogP contribution in [0.25, 0.3) is 0 Å². The molecular weight excluding hydrogens is 504 g/mol. The third-order valence-corrected chi connectivity index (χ3v) is 5.39. The van der Waals surface area contributed by atoms with Gasteiger partial charge < -0.3 is 42.6 Å². The van der Waals surface area contributed by atoms with E-state index in [4.69, 9.17) is 42.6 Å². The van der Waals surface area contributed by atoms with Gasteiger partial charge in [0.1, 0.15) is 0 Å². The molecule has 39 heavy (non-hydrogen) atoms. The first-order chi connectivity index (χ1) is 19.3. The third kappa shape index (κ3) is 10.4. The lowest BCUT2D eigenvalue weighted by molar-refractivity contribution is -0.359. The van der Waals surface area contributed by atoms with Gasteiger partial charge in [0.2, 0.25) is 0 Å². The van der Waals surface area contributed by atoms with E-state index in [9.17, 15) is 0 Å². The summed E-state index contributed by atoms with van der Waals surface area (Å²) in [4.78, 5) is 0. The molecule has 0 N–H and O–H groups in total. The lowest BCUT2D eigenvalue weighted by atomic mass is 10.2. The number of hydrogen-bond acceptors (Lipinski definition) is 9. The van der Waals surface area contributed by atoms with Crippen LogP contribution in [-0.2, 0) is 42.6 Å². The monoisotopic (exact) mass is 538 g/mol. The average molecular weight is 539 g/mol. The summed E-state index contributed by atoms with van der Waals surface area (Å²) >= 11 is 0. The Morgan fingerprint density at radius 3 is 0.949 bits per heavy atom. The van der Waals surface area contributed by atoms with E-state index in [1.54, 1.807) is 0 Å². The standard InChI is InChI=1S/C30H34O9/c1-3-7-27(8-4-1)11-13-29-34-21-15-31-18-24-37-30(38-25-19-32-16-22-35-29,39-26-20-33-17-23-36-29)14-12-28-9-5-2-6-10-28/h1-10H,15-26H2. The molecule has 0 radical (unpaired) electrons. The predicted octanol–water partition coefficient (Wildman–Crippen LogP) is 2.57. The van der Waals surface area contributed by atoms with Crippen LogP contribution in [0.2, 0.25) is 0 Å². The van der Waals surface area contributed by atoms with Crippen molar-refractivity contribution < 1.29 is 42.6 Å². The van der Waals surface area contributed by atoms with Crippen LogP contribution in [0.5, 0.6) is 0 Å². The van der Waals surface area contributed by atoms with Gasteiger partial charge in [0.05, 0.1) is 79.3 Å². The molecule has 0 atom stereocenters. The minimum atomic E-state index is -1.62. The highest BCUT2D eigenvalue weighted by Gasteiger charge is 2.34. The smallest absolute Gasteiger partial charge is 0.353 e. The molecule has 2 bridgehead atoms. The van der Waals surface area contributed by atoms with Gasteiger partial charge in [0.25, 0.3) is 0 Å². The van der Waals surface area contributed by atoms with E-state index < -0.39 is 11.9 Å². The molecule has 3 aliphatic rings. The van der Waals surface area contributed by atoms with Gasteiger partial charge in [0.15, 0.2) is 0 Å². The van der Waals surface area contributed by atoms with E-state index >= 15 is 0 Å². The minimum Gasteiger partial charge on any atom is -0.377 e. The largest absolute Gasteiger partial charge is 0.377 e. The fourth-order valence-corrected chi connectivity index (χ4v) is 3.52. The molecular formula is C30H34O9. The van der Waals surface area contributed by atoms with E-state index in [0.717, 1.165) is 11.1 Å². The molecule has 208 valence electrons. The normalized spacial score (nSPS) is 26.2. The molecule has 3 saturated heterocycles. The fourth-order valence-electron chi connectivity index (χ4n) is 3.52. The lowest BCUT2D eigenvalue weighted by Crippen LogP contribution is -2.42. The molecule has 3 heterocycles. The zero-order valence-corrected chi connectivity index (χ0v) is 21.9. The number of rotatable bonds is 0. The maximum atomic E-state index is 6.01. The Morgan fingerprint density at radius 1 is 0.385 bits per heavy atom. The van der Waals surface area contributed by atoms with Crippen LogP contribution in [0.3, 0.4) is 0 Å². The van der Waals surface area contributed by atoms with Crippen LogP contribution in [0.4, 0.5) is 0 Å². The Labute approximate surface area is 229 Å². The molecule has 3 fully saturated rings. The number of fused-ring (bicyclic) bond motifs is 18. The van der Waals surface area contributed by atoms with Crippen molar-refractivity contribution in [3.8, 4) is 23.7 Å². The maximum Gasteiger partial charge on any atom is 0.353 e. The molecule has 2 aromatic carbocycles. The SMILES string of the molecule is C(#CC12OCCOCCOC(C#Cc3ccccc3)(OCCOCCO1)OCCOCCO2)c1ccccc1. The van der Waals surface area contributed by atoms with Crippen molar-refractivity contribution in [2.45, 2.75) is 11.9 Å². The summed E-state index contributed by atoms with van der Waals surface area (Å²) in [6, 6.07) is 19.1. The summed E-state index contributed by atoms with van der Waals surface area (Å²) in [5.41, 5.74) is 1.60. The Balaban J connectivity index is 1.52. The summed E-state index contributed by atoms with van der Waals surface area (Å²) in [5.74, 6) is 8.93.